The number of nitrogens with zero attached hydrogens (tertiary/aromatic N) is 2. The number of anilines is 1. The van der Waals surface area contributed by atoms with Gasteiger partial charge >= 0.3 is 0 Å². The molecule has 0 unspecified atom stereocenters. The first kappa shape index (κ1) is 15.4. The summed E-state index contributed by atoms with van der Waals surface area (Å²) >= 11 is 0. The zero-order valence-electron chi connectivity index (χ0n) is 12.8. The van der Waals surface area contributed by atoms with Crippen LogP contribution in [-0.2, 0) is 11.3 Å². The molecule has 1 aromatic heterocycles. The molecule has 118 valence electrons. The SMILES string of the molecule is Nc1c(C#Cc2ccccc2)c(-c2ccccc2)nn1CC(=O)[O-]. The van der Waals surface area contributed by atoms with Crippen LogP contribution in [0, 0.1) is 11.8 Å². The van der Waals surface area contributed by atoms with Crippen LogP contribution in [0.5, 0.6) is 0 Å². The van der Waals surface area contributed by atoms with Crippen molar-refractivity contribution in [3.8, 4) is 23.1 Å². The van der Waals surface area contributed by atoms with Gasteiger partial charge in [0.2, 0.25) is 0 Å². The molecule has 2 aromatic carbocycles. The maximum atomic E-state index is 10.9. The summed E-state index contributed by atoms with van der Waals surface area (Å²) < 4.78 is 1.20. The van der Waals surface area contributed by atoms with Crippen molar-refractivity contribution in [1.82, 2.24) is 9.78 Å². The molecule has 0 spiro atoms. The third-order valence-corrected chi connectivity index (χ3v) is 3.42. The molecule has 3 rings (SSSR count). The fourth-order valence-electron chi connectivity index (χ4n) is 2.30. The molecule has 0 aliphatic heterocycles. The molecule has 0 fully saturated rings. The number of rotatable bonds is 3. The van der Waals surface area contributed by atoms with Crippen molar-refractivity contribution < 1.29 is 9.90 Å². The highest BCUT2D eigenvalue weighted by Gasteiger charge is 2.15. The van der Waals surface area contributed by atoms with Crippen LogP contribution in [0.25, 0.3) is 11.3 Å². The second kappa shape index (κ2) is 6.71. The molecule has 1 heterocycles. The van der Waals surface area contributed by atoms with Crippen molar-refractivity contribution >= 4 is 11.8 Å². The van der Waals surface area contributed by atoms with E-state index in [1.165, 1.54) is 4.68 Å². The summed E-state index contributed by atoms with van der Waals surface area (Å²) in [6.07, 6.45) is 0. The lowest BCUT2D eigenvalue weighted by Crippen LogP contribution is -2.28. The van der Waals surface area contributed by atoms with Crippen molar-refractivity contribution in [3.63, 3.8) is 0 Å². The summed E-state index contributed by atoms with van der Waals surface area (Å²) in [4.78, 5) is 10.9. The monoisotopic (exact) mass is 316 g/mol. The molecule has 3 aromatic rings. The molecular formula is C19H14N3O2-. The lowest BCUT2D eigenvalue weighted by molar-refractivity contribution is -0.306. The number of carboxylic acids is 1. The lowest BCUT2D eigenvalue weighted by Gasteiger charge is -2.03. The molecule has 2 N–H and O–H groups in total. The number of hydrogen-bond acceptors (Lipinski definition) is 4. The van der Waals surface area contributed by atoms with Gasteiger partial charge in [-0.15, -0.1) is 0 Å². The van der Waals surface area contributed by atoms with E-state index in [0.717, 1.165) is 11.1 Å². The molecule has 0 bridgehead atoms. The Labute approximate surface area is 139 Å². The van der Waals surface area contributed by atoms with Crippen LogP contribution in [0.4, 0.5) is 5.82 Å². The lowest BCUT2D eigenvalue weighted by atomic mass is 10.1. The summed E-state index contributed by atoms with van der Waals surface area (Å²) in [6, 6.07) is 18.9. The third kappa shape index (κ3) is 3.28. The van der Waals surface area contributed by atoms with Gasteiger partial charge in [-0.3, -0.25) is 0 Å². The average Bonchev–Trinajstić information content (AvgIpc) is 2.90. The van der Waals surface area contributed by atoms with Crippen molar-refractivity contribution in [2.24, 2.45) is 0 Å². The number of benzene rings is 2. The third-order valence-electron chi connectivity index (χ3n) is 3.42. The van der Waals surface area contributed by atoms with E-state index >= 15 is 0 Å². The van der Waals surface area contributed by atoms with Crippen molar-refractivity contribution in [2.45, 2.75) is 6.54 Å². The van der Waals surface area contributed by atoms with Crippen LogP contribution >= 0.6 is 0 Å². The maximum absolute atomic E-state index is 10.9. The van der Waals surface area contributed by atoms with E-state index in [9.17, 15) is 9.90 Å². The number of hydrogen-bond donors (Lipinski definition) is 1. The first-order valence-electron chi connectivity index (χ1n) is 7.34. The number of carbonyl (C=O) groups is 1. The van der Waals surface area contributed by atoms with Gasteiger partial charge in [0.25, 0.3) is 0 Å². The number of aromatic nitrogens is 2. The summed E-state index contributed by atoms with van der Waals surface area (Å²) in [5.74, 6) is 5.00. The molecule has 0 aliphatic carbocycles. The van der Waals surface area contributed by atoms with Crippen LogP contribution in [0.15, 0.2) is 60.7 Å². The predicted molar refractivity (Wildman–Crippen MR) is 89.5 cm³/mol. The van der Waals surface area contributed by atoms with E-state index in [0.29, 0.717) is 11.3 Å². The van der Waals surface area contributed by atoms with Gasteiger partial charge in [0, 0.05) is 11.1 Å². The van der Waals surface area contributed by atoms with Gasteiger partial charge < -0.3 is 15.6 Å². The highest BCUT2D eigenvalue weighted by atomic mass is 16.4. The average molecular weight is 316 g/mol. The zero-order chi connectivity index (χ0) is 16.9. The molecule has 0 radical (unpaired) electrons. The smallest absolute Gasteiger partial charge is 0.138 e. The number of nitrogen functional groups attached to an aromatic ring is 1. The normalized spacial score (nSPS) is 10.0. The Bertz CT molecular complexity index is 920. The topological polar surface area (TPSA) is 84.0 Å². The molecule has 0 amide bonds. The highest BCUT2D eigenvalue weighted by molar-refractivity contribution is 5.75. The van der Waals surface area contributed by atoms with E-state index in [1.54, 1.807) is 0 Å². The van der Waals surface area contributed by atoms with Gasteiger partial charge in [-0.05, 0) is 12.1 Å². The van der Waals surface area contributed by atoms with E-state index in [1.807, 2.05) is 60.7 Å². The minimum Gasteiger partial charge on any atom is -0.548 e. The first-order chi connectivity index (χ1) is 11.6. The molecule has 0 aliphatic rings. The van der Waals surface area contributed by atoms with Gasteiger partial charge in [-0.25, -0.2) is 4.68 Å². The largest absolute Gasteiger partial charge is 0.548 e. The van der Waals surface area contributed by atoms with E-state index in [-0.39, 0.29) is 5.82 Å². The van der Waals surface area contributed by atoms with Crippen molar-refractivity contribution in [1.29, 1.82) is 0 Å². The van der Waals surface area contributed by atoms with Gasteiger partial charge in [0.15, 0.2) is 0 Å². The molecule has 0 atom stereocenters. The molecule has 5 nitrogen and oxygen atoms in total. The quantitative estimate of drug-likeness (QED) is 0.738. The Morgan fingerprint density at radius 3 is 2.29 bits per heavy atom. The molecule has 24 heavy (non-hydrogen) atoms. The zero-order valence-corrected chi connectivity index (χ0v) is 12.8. The maximum Gasteiger partial charge on any atom is 0.138 e. The van der Waals surface area contributed by atoms with Crippen LogP contribution in [-0.4, -0.2) is 15.7 Å². The predicted octanol–water partition coefficient (Wildman–Crippen LogP) is 1.28. The molecule has 5 heteroatoms. The Morgan fingerprint density at radius 2 is 1.67 bits per heavy atom. The number of carbonyl (C=O) groups excluding carboxylic acids is 1. The molecule has 0 saturated heterocycles. The summed E-state index contributed by atoms with van der Waals surface area (Å²) in [5, 5.41) is 15.2. The summed E-state index contributed by atoms with van der Waals surface area (Å²) in [7, 11) is 0. The number of aliphatic carboxylic acids is 1. The Kier molecular flexibility index (Phi) is 4.30. The van der Waals surface area contributed by atoms with E-state index in [2.05, 4.69) is 16.9 Å². The fourth-order valence-corrected chi connectivity index (χ4v) is 2.30. The van der Waals surface area contributed by atoms with Crippen LogP contribution in [0.1, 0.15) is 11.1 Å². The fraction of sp³-hybridized carbons (Fsp3) is 0.0526. The van der Waals surface area contributed by atoms with Crippen LogP contribution in [0.3, 0.4) is 0 Å². The summed E-state index contributed by atoms with van der Waals surface area (Å²) in [5.41, 5.74) is 8.77. The van der Waals surface area contributed by atoms with Crippen molar-refractivity contribution in [3.05, 3.63) is 71.8 Å². The van der Waals surface area contributed by atoms with Crippen LogP contribution < -0.4 is 10.8 Å². The number of carboxylic acid groups (broad SMARTS) is 1. The van der Waals surface area contributed by atoms with Gasteiger partial charge in [-0.1, -0.05) is 60.4 Å². The standard InChI is InChI=1S/C19H15N3O2/c20-19-16(12-11-14-7-3-1-4-8-14)18(15-9-5-2-6-10-15)21-22(19)13-17(23)24/h1-10H,13,20H2,(H,23,24)/p-1. The van der Waals surface area contributed by atoms with Gasteiger partial charge in [0.1, 0.15) is 11.5 Å². The Balaban J connectivity index is 2.11. The molecular weight excluding hydrogens is 302 g/mol. The highest BCUT2D eigenvalue weighted by Crippen LogP contribution is 2.26. The first-order valence-corrected chi connectivity index (χ1v) is 7.34. The summed E-state index contributed by atoms with van der Waals surface area (Å²) in [6.45, 7) is -0.418. The molecule has 0 saturated carbocycles. The Hall–Kier alpha value is -3.52. The number of nitrogens with two attached hydrogens (primary N) is 1. The minimum atomic E-state index is -1.26. The van der Waals surface area contributed by atoms with E-state index < -0.39 is 12.5 Å². The second-order valence-corrected chi connectivity index (χ2v) is 5.12. The van der Waals surface area contributed by atoms with Gasteiger partial charge in [-0.2, -0.15) is 5.10 Å². The Morgan fingerprint density at radius 1 is 1.04 bits per heavy atom. The van der Waals surface area contributed by atoms with Crippen LogP contribution in [0.2, 0.25) is 0 Å². The second-order valence-electron chi connectivity index (χ2n) is 5.12. The minimum absolute atomic E-state index is 0.210. The van der Waals surface area contributed by atoms with Crippen molar-refractivity contribution in [2.75, 3.05) is 5.73 Å². The van der Waals surface area contributed by atoms with Gasteiger partial charge in [0.05, 0.1) is 18.1 Å². The van der Waals surface area contributed by atoms with E-state index in [4.69, 9.17) is 5.73 Å².